The molecule has 4 rings (SSSR count). The number of hydrogen-bond acceptors (Lipinski definition) is 5. The molecule has 0 aliphatic rings. The molecule has 0 radical (unpaired) electrons. The van der Waals surface area contributed by atoms with Crippen LogP contribution in [-0.2, 0) is 18.0 Å². The smallest absolute Gasteiger partial charge is 0.339 e. The minimum Gasteiger partial charge on any atom is -0.478 e. The van der Waals surface area contributed by atoms with Crippen molar-refractivity contribution >= 4 is 47.7 Å². The van der Waals surface area contributed by atoms with Crippen molar-refractivity contribution in [2.24, 2.45) is 0 Å². The number of halogens is 1. The van der Waals surface area contributed by atoms with Gasteiger partial charge in [-0.2, -0.15) is 5.10 Å². The van der Waals surface area contributed by atoms with Crippen molar-refractivity contribution in [3.8, 4) is 11.4 Å². The van der Waals surface area contributed by atoms with Gasteiger partial charge in [0, 0.05) is 31.3 Å². The number of allylic oxidation sites excluding steroid dienone is 1. The van der Waals surface area contributed by atoms with Crippen LogP contribution in [0, 0.1) is 0 Å². The van der Waals surface area contributed by atoms with Gasteiger partial charge in [0.15, 0.2) is 5.65 Å². The molecule has 0 aliphatic carbocycles. The van der Waals surface area contributed by atoms with Crippen LogP contribution in [0.4, 0.5) is 0 Å². The van der Waals surface area contributed by atoms with Crippen LogP contribution in [0.2, 0.25) is 30.7 Å². The molecule has 0 saturated heterocycles. The number of carboxylic acids is 1. The van der Waals surface area contributed by atoms with E-state index >= 15 is 0 Å². The highest BCUT2D eigenvalue weighted by molar-refractivity contribution is 6.76. The van der Waals surface area contributed by atoms with E-state index in [2.05, 4.69) is 41.3 Å². The van der Waals surface area contributed by atoms with Crippen LogP contribution in [0.3, 0.4) is 0 Å². The number of nitrogens with zero attached hydrogens (tertiary/aromatic N) is 5. The first-order valence-corrected chi connectivity index (χ1v) is 14.7. The molecule has 0 bridgehead atoms. The highest BCUT2D eigenvalue weighted by Gasteiger charge is 2.21. The minimum absolute atomic E-state index is 0.0750. The van der Waals surface area contributed by atoms with Gasteiger partial charge in [0.25, 0.3) is 0 Å². The summed E-state index contributed by atoms with van der Waals surface area (Å²) in [6.07, 6.45) is 4.89. The summed E-state index contributed by atoms with van der Waals surface area (Å²) in [5.41, 5.74) is 2.76. The molecule has 0 aliphatic heterocycles. The zero-order valence-corrected chi connectivity index (χ0v) is 20.6. The first kappa shape index (κ1) is 23.2. The molecule has 1 N–H and O–H groups in total. The van der Waals surface area contributed by atoms with Crippen molar-refractivity contribution in [3.05, 3.63) is 53.8 Å². The third-order valence-corrected chi connectivity index (χ3v) is 7.22. The predicted molar refractivity (Wildman–Crippen MR) is 133 cm³/mol. The Balaban J connectivity index is 1.75. The van der Waals surface area contributed by atoms with Crippen LogP contribution in [0.1, 0.15) is 10.4 Å². The number of hydrogen-bond donors (Lipinski definition) is 1. The van der Waals surface area contributed by atoms with Gasteiger partial charge in [-0.1, -0.05) is 37.3 Å². The maximum absolute atomic E-state index is 11.9. The van der Waals surface area contributed by atoms with Gasteiger partial charge in [-0.05, 0) is 24.2 Å². The molecular formula is C23H26ClN5O3Si. The van der Waals surface area contributed by atoms with E-state index < -0.39 is 14.0 Å². The van der Waals surface area contributed by atoms with Gasteiger partial charge in [0.2, 0.25) is 0 Å². The third-order valence-electron chi connectivity index (χ3n) is 5.28. The van der Waals surface area contributed by atoms with Gasteiger partial charge in [0.1, 0.15) is 29.2 Å². The zero-order valence-electron chi connectivity index (χ0n) is 18.9. The van der Waals surface area contributed by atoms with Crippen LogP contribution in [-0.4, -0.2) is 50.1 Å². The lowest BCUT2D eigenvalue weighted by Gasteiger charge is -2.15. The van der Waals surface area contributed by atoms with Crippen LogP contribution >= 0.6 is 11.6 Å². The molecule has 4 aromatic rings. The van der Waals surface area contributed by atoms with Gasteiger partial charge in [-0.3, -0.25) is 4.68 Å². The molecule has 0 unspecified atom stereocenters. The summed E-state index contributed by atoms with van der Waals surface area (Å²) >= 11 is 6.19. The number of carbonyl (C=O) groups is 1. The minimum atomic E-state index is -1.22. The molecular weight excluding hydrogens is 458 g/mol. The quantitative estimate of drug-likeness (QED) is 0.197. The van der Waals surface area contributed by atoms with E-state index in [9.17, 15) is 9.90 Å². The molecule has 0 atom stereocenters. The van der Waals surface area contributed by atoms with Gasteiger partial charge < -0.3 is 14.4 Å². The zero-order chi connectivity index (χ0) is 23.8. The Labute approximate surface area is 197 Å². The van der Waals surface area contributed by atoms with E-state index in [1.165, 1.54) is 6.20 Å². The summed E-state index contributed by atoms with van der Waals surface area (Å²) in [7, 11) is -1.22. The van der Waals surface area contributed by atoms with Crippen molar-refractivity contribution in [1.29, 1.82) is 0 Å². The maximum atomic E-state index is 11.9. The molecule has 0 saturated carbocycles. The van der Waals surface area contributed by atoms with Crippen molar-refractivity contribution < 1.29 is 14.6 Å². The van der Waals surface area contributed by atoms with Crippen molar-refractivity contribution in [3.63, 3.8) is 0 Å². The Kier molecular flexibility index (Phi) is 6.38. The van der Waals surface area contributed by atoms with Crippen molar-refractivity contribution in [2.45, 2.75) is 39.0 Å². The molecule has 3 heterocycles. The fourth-order valence-corrected chi connectivity index (χ4v) is 4.48. The van der Waals surface area contributed by atoms with Crippen LogP contribution in [0.25, 0.3) is 33.5 Å². The van der Waals surface area contributed by atoms with E-state index in [0.717, 1.165) is 16.9 Å². The predicted octanol–water partition coefficient (Wildman–Crippen LogP) is 5.30. The first-order valence-electron chi connectivity index (χ1n) is 10.6. The molecule has 8 nitrogen and oxygen atoms in total. The van der Waals surface area contributed by atoms with Crippen LogP contribution in [0.15, 0.2) is 43.2 Å². The van der Waals surface area contributed by atoms with Crippen LogP contribution in [0.5, 0.6) is 0 Å². The number of aromatic carboxylic acids is 1. The monoisotopic (exact) mass is 483 g/mol. The first-order chi connectivity index (χ1) is 15.7. The number of benzene rings is 1. The third kappa shape index (κ3) is 4.85. The second kappa shape index (κ2) is 9.09. The topological polar surface area (TPSA) is 95.1 Å². The summed E-state index contributed by atoms with van der Waals surface area (Å²) in [4.78, 5) is 21.1. The highest BCUT2D eigenvalue weighted by atomic mass is 35.5. The lowest BCUT2D eigenvalue weighted by molar-refractivity contribution is 0.0696. The molecule has 172 valence electrons. The molecule has 1 aromatic carbocycles. The Morgan fingerprint density at radius 2 is 2.12 bits per heavy atom. The Morgan fingerprint density at radius 1 is 1.33 bits per heavy atom. The molecule has 10 heteroatoms. The normalized spacial score (nSPS) is 12.0. The van der Waals surface area contributed by atoms with Gasteiger partial charge in [-0.25, -0.2) is 14.8 Å². The van der Waals surface area contributed by atoms with Gasteiger partial charge >= 0.3 is 5.97 Å². The van der Waals surface area contributed by atoms with E-state index in [1.807, 2.05) is 12.1 Å². The molecule has 0 amide bonds. The summed E-state index contributed by atoms with van der Waals surface area (Å²) in [5.74, 6) is -1.07. The largest absolute Gasteiger partial charge is 0.478 e. The lowest BCUT2D eigenvalue weighted by Crippen LogP contribution is -2.22. The number of fused-ring (bicyclic) bond motifs is 2. The maximum Gasteiger partial charge on any atom is 0.339 e. The fourth-order valence-electron chi connectivity index (χ4n) is 3.56. The fraction of sp³-hybridized carbons (Fsp3) is 0.304. The molecule has 0 spiro atoms. The second-order valence-corrected chi connectivity index (χ2v) is 15.1. The number of rotatable bonds is 9. The van der Waals surface area contributed by atoms with Crippen LogP contribution < -0.4 is 0 Å². The SMILES string of the molecule is C=CCn1nc(-c2cnc3c(n2)c(C(=O)O)cn3COCC[Si](C)(C)C)c2ccc(Cl)cc21. The van der Waals surface area contributed by atoms with E-state index in [1.54, 1.807) is 27.6 Å². The summed E-state index contributed by atoms with van der Waals surface area (Å²) in [6, 6.07) is 6.52. The molecule has 0 fully saturated rings. The second-order valence-electron chi connectivity index (χ2n) is 9.07. The average molecular weight is 484 g/mol. The van der Waals surface area contributed by atoms with E-state index in [-0.39, 0.29) is 12.3 Å². The molecule has 33 heavy (non-hydrogen) atoms. The van der Waals surface area contributed by atoms with Crippen molar-refractivity contribution in [1.82, 2.24) is 24.3 Å². The van der Waals surface area contributed by atoms with Gasteiger partial charge in [0.05, 0.1) is 18.3 Å². The number of aromatic nitrogens is 5. The Bertz CT molecular complexity index is 1360. The van der Waals surface area contributed by atoms with Gasteiger partial charge in [-0.15, -0.1) is 6.58 Å². The molecule has 3 aromatic heterocycles. The summed E-state index contributed by atoms with van der Waals surface area (Å²) < 4.78 is 9.28. The summed E-state index contributed by atoms with van der Waals surface area (Å²) in [5, 5.41) is 15.9. The average Bonchev–Trinajstić information content (AvgIpc) is 3.29. The number of carboxylic acid groups (broad SMARTS) is 1. The van der Waals surface area contributed by atoms with Crippen molar-refractivity contribution in [2.75, 3.05) is 6.61 Å². The highest BCUT2D eigenvalue weighted by Crippen LogP contribution is 2.30. The Morgan fingerprint density at radius 3 is 2.82 bits per heavy atom. The lowest BCUT2D eigenvalue weighted by atomic mass is 10.1. The standard InChI is InChI=1S/C23H26ClN5O3Si/c1-5-8-29-19-11-15(24)6-7-16(19)20(27-29)18-12-25-22-21(26-18)17(23(30)31)13-28(22)14-32-9-10-33(2,3)4/h5-7,11-13H,1,8-10,14H2,2-4H3,(H,30,31). The Hall–Kier alpha value is -3.01. The summed E-state index contributed by atoms with van der Waals surface area (Å²) in [6.45, 7) is 12.0. The van der Waals surface area contributed by atoms with E-state index in [4.69, 9.17) is 16.3 Å². The number of ether oxygens (including phenoxy) is 1. The van der Waals surface area contributed by atoms with E-state index in [0.29, 0.717) is 40.7 Å².